The molecule has 0 fully saturated rings. The minimum atomic E-state index is 0.822. The lowest BCUT2D eigenvalue weighted by Crippen LogP contribution is -2.47. The van der Waals surface area contributed by atoms with E-state index in [1.165, 1.54) is 48.6 Å². The monoisotopic (exact) mass is 398 g/mol. The first kappa shape index (κ1) is 22.9. The highest BCUT2D eigenvalue weighted by Gasteiger charge is 2.19. The molecule has 0 aliphatic heterocycles. The molecule has 2 aromatic carbocycles. The van der Waals surface area contributed by atoms with Crippen molar-refractivity contribution in [1.29, 1.82) is 0 Å². The van der Waals surface area contributed by atoms with E-state index in [1.807, 2.05) is 24.3 Å². The highest BCUT2D eigenvalue weighted by molar-refractivity contribution is 5.58. The van der Waals surface area contributed by atoms with Gasteiger partial charge in [0.05, 0.1) is 26.7 Å². The van der Waals surface area contributed by atoms with Crippen LogP contribution in [0.1, 0.15) is 37.3 Å². The van der Waals surface area contributed by atoms with E-state index >= 15 is 0 Å². The SMILES string of the molecule is CCC[N+](C)(CCCNc1ccc(N)cc1C)CCCNc1ccc(N)cc1C. The van der Waals surface area contributed by atoms with Crippen LogP contribution in [-0.4, -0.2) is 44.3 Å². The van der Waals surface area contributed by atoms with Crippen molar-refractivity contribution in [3.63, 3.8) is 0 Å². The molecule has 6 N–H and O–H groups in total. The number of nitrogen functional groups attached to an aromatic ring is 2. The van der Waals surface area contributed by atoms with Gasteiger partial charge in [0, 0.05) is 48.7 Å². The molecule has 0 saturated carbocycles. The Morgan fingerprint density at radius 2 is 1.21 bits per heavy atom. The summed E-state index contributed by atoms with van der Waals surface area (Å²) < 4.78 is 1.13. The standard InChI is InChI=1S/C24H40N5/c1-5-14-29(4,15-6-12-27-23-10-8-21(25)17-19(23)2)16-7-13-28-24-11-9-22(26)18-20(24)3/h8-11,17-18,27-28H,5-7,12-16,25-26H2,1-4H3/q+1. The van der Waals surface area contributed by atoms with Crippen LogP contribution in [0.15, 0.2) is 36.4 Å². The molecule has 2 aromatic rings. The summed E-state index contributed by atoms with van der Waals surface area (Å²) in [6.07, 6.45) is 3.53. The Kier molecular flexibility index (Phi) is 8.65. The first-order valence-electron chi connectivity index (χ1n) is 10.9. The van der Waals surface area contributed by atoms with Gasteiger partial charge in [-0.15, -0.1) is 0 Å². The van der Waals surface area contributed by atoms with Gasteiger partial charge in [-0.1, -0.05) is 6.92 Å². The quantitative estimate of drug-likeness (QED) is 0.239. The molecular weight excluding hydrogens is 358 g/mol. The third-order valence-electron chi connectivity index (χ3n) is 5.64. The number of rotatable bonds is 12. The van der Waals surface area contributed by atoms with Crippen LogP contribution in [0.5, 0.6) is 0 Å². The number of nitrogens with zero attached hydrogens (tertiary/aromatic N) is 1. The van der Waals surface area contributed by atoms with Gasteiger partial charge in [-0.25, -0.2) is 0 Å². The Balaban J connectivity index is 1.75. The maximum absolute atomic E-state index is 5.84. The van der Waals surface area contributed by atoms with Crippen molar-refractivity contribution in [2.24, 2.45) is 0 Å². The Bertz CT molecular complexity index is 712. The second-order valence-electron chi connectivity index (χ2n) is 8.50. The smallest absolute Gasteiger partial charge is 0.0801 e. The predicted molar refractivity (Wildman–Crippen MR) is 128 cm³/mol. The maximum Gasteiger partial charge on any atom is 0.0801 e. The first-order chi connectivity index (χ1) is 13.8. The van der Waals surface area contributed by atoms with Crippen LogP contribution in [-0.2, 0) is 0 Å². The molecule has 0 atom stereocenters. The molecule has 5 heteroatoms. The van der Waals surface area contributed by atoms with E-state index in [1.54, 1.807) is 0 Å². The normalized spacial score (nSPS) is 11.4. The number of hydrogen-bond donors (Lipinski definition) is 4. The minimum absolute atomic E-state index is 0.822. The number of anilines is 4. The summed E-state index contributed by atoms with van der Waals surface area (Å²) >= 11 is 0. The number of aryl methyl sites for hydroxylation is 2. The second kappa shape index (κ2) is 11.0. The van der Waals surface area contributed by atoms with Gasteiger partial charge in [0.15, 0.2) is 0 Å². The Labute approximate surface area is 177 Å². The molecule has 5 nitrogen and oxygen atoms in total. The Morgan fingerprint density at radius 3 is 1.59 bits per heavy atom. The third-order valence-corrected chi connectivity index (χ3v) is 5.64. The summed E-state index contributed by atoms with van der Waals surface area (Å²) in [6, 6.07) is 12.1. The average Bonchev–Trinajstić information content (AvgIpc) is 2.65. The van der Waals surface area contributed by atoms with Crippen LogP contribution in [0.25, 0.3) is 0 Å². The van der Waals surface area contributed by atoms with Crippen molar-refractivity contribution in [3.8, 4) is 0 Å². The molecule has 0 aromatic heterocycles. The molecule has 0 amide bonds. The molecule has 29 heavy (non-hydrogen) atoms. The van der Waals surface area contributed by atoms with Crippen LogP contribution in [0.2, 0.25) is 0 Å². The molecule has 0 unspecified atom stereocenters. The lowest BCUT2D eigenvalue weighted by Gasteiger charge is -2.35. The van der Waals surface area contributed by atoms with Gasteiger partial charge >= 0.3 is 0 Å². The molecule has 0 aliphatic rings. The van der Waals surface area contributed by atoms with Crippen molar-refractivity contribution in [2.75, 3.05) is 61.9 Å². The molecule has 0 saturated heterocycles. The van der Waals surface area contributed by atoms with E-state index in [0.29, 0.717) is 0 Å². The molecule has 0 heterocycles. The van der Waals surface area contributed by atoms with Crippen LogP contribution in [0.4, 0.5) is 22.7 Å². The fraction of sp³-hybridized carbons (Fsp3) is 0.500. The van der Waals surface area contributed by atoms with Crippen LogP contribution < -0.4 is 22.1 Å². The van der Waals surface area contributed by atoms with E-state index < -0.39 is 0 Å². The average molecular weight is 399 g/mol. The third kappa shape index (κ3) is 7.50. The van der Waals surface area contributed by atoms with Crippen LogP contribution in [0.3, 0.4) is 0 Å². The molecule has 160 valence electrons. The molecule has 2 rings (SSSR count). The Hall–Kier alpha value is -2.40. The maximum atomic E-state index is 5.84. The summed E-state index contributed by atoms with van der Waals surface area (Å²) in [7, 11) is 2.40. The lowest BCUT2D eigenvalue weighted by molar-refractivity contribution is -0.909. The van der Waals surface area contributed by atoms with Gasteiger partial charge in [0.1, 0.15) is 0 Å². The lowest BCUT2D eigenvalue weighted by atomic mass is 10.1. The first-order valence-corrected chi connectivity index (χ1v) is 10.9. The molecule has 0 radical (unpaired) electrons. The topological polar surface area (TPSA) is 76.1 Å². The Morgan fingerprint density at radius 1 is 0.759 bits per heavy atom. The van der Waals surface area contributed by atoms with E-state index in [0.717, 1.165) is 41.8 Å². The largest absolute Gasteiger partial charge is 0.399 e. The summed E-state index contributed by atoms with van der Waals surface area (Å²) in [5.41, 5.74) is 18.1. The zero-order chi connectivity index (χ0) is 21.3. The number of hydrogen-bond acceptors (Lipinski definition) is 4. The molecule has 0 bridgehead atoms. The van der Waals surface area contributed by atoms with Crippen molar-refractivity contribution >= 4 is 22.7 Å². The van der Waals surface area contributed by atoms with Crippen LogP contribution in [0, 0.1) is 13.8 Å². The van der Waals surface area contributed by atoms with E-state index in [4.69, 9.17) is 11.5 Å². The fourth-order valence-corrected chi connectivity index (χ4v) is 4.01. The van der Waals surface area contributed by atoms with E-state index in [2.05, 4.69) is 50.6 Å². The van der Waals surface area contributed by atoms with Gasteiger partial charge < -0.3 is 26.6 Å². The summed E-state index contributed by atoms with van der Waals surface area (Å²) in [5, 5.41) is 7.13. The summed E-state index contributed by atoms with van der Waals surface area (Å²) in [4.78, 5) is 0. The number of nitrogens with two attached hydrogens (primary N) is 2. The van der Waals surface area contributed by atoms with Crippen LogP contribution >= 0.6 is 0 Å². The second-order valence-corrected chi connectivity index (χ2v) is 8.50. The van der Waals surface area contributed by atoms with Crippen molar-refractivity contribution in [1.82, 2.24) is 0 Å². The zero-order valence-electron chi connectivity index (χ0n) is 18.7. The van der Waals surface area contributed by atoms with Gasteiger partial charge in [-0.2, -0.15) is 0 Å². The number of nitrogens with one attached hydrogen (secondary N) is 2. The van der Waals surface area contributed by atoms with Crippen molar-refractivity contribution in [3.05, 3.63) is 47.5 Å². The number of benzene rings is 2. The molecular formula is C24H40N5+. The molecule has 0 aliphatic carbocycles. The predicted octanol–water partition coefficient (Wildman–Crippen LogP) is 4.63. The molecule has 0 spiro atoms. The minimum Gasteiger partial charge on any atom is -0.399 e. The van der Waals surface area contributed by atoms with Gasteiger partial charge in [-0.3, -0.25) is 0 Å². The van der Waals surface area contributed by atoms with Crippen molar-refractivity contribution in [2.45, 2.75) is 40.0 Å². The van der Waals surface area contributed by atoms with Gasteiger partial charge in [0.2, 0.25) is 0 Å². The zero-order valence-corrected chi connectivity index (χ0v) is 18.7. The fourth-order valence-electron chi connectivity index (χ4n) is 4.01. The highest BCUT2D eigenvalue weighted by atomic mass is 15.3. The number of quaternary nitrogens is 1. The summed E-state index contributed by atoms with van der Waals surface area (Å²) in [5.74, 6) is 0. The van der Waals surface area contributed by atoms with E-state index in [-0.39, 0.29) is 0 Å². The van der Waals surface area contributed by atoms with Gasteiger partial charge in [0.25, 0.3) is 0 Å². The summed E-state index contributed by atoms with van der Waals surface area (Å²) in [6.45, 7) is 12.1. The highest BCUT2D eigenvalue weighted by Crippen LogP contribution is 2.19. The van der Waals surface area contributed by atoms with Crippen molar-refractivity contribution < 1.29 is 4.48 Å². The van der Waals surface area contributed by atoms with E-state index in [9.17, 15) is 0 Å². The van der Waals surface area contributed by atoms with Gasteiger partial charge in [-0.05, 0) is 67.8 Å².